The fourth-order valence-electron chi connectivity index (χ4n) is 2.44. The van der Waals surface area contributed by atoms with Gasteiger partial charge in [0.25, 0.3) is 5.56 Å². The van der Waals surface area contributed by atoms with Gasteiger partial charge in [-0.3, -0.25) is 9.36 Å². The largest absolute Gasteiger partial charge is 0.381 e. The van der Waals surface area contributed by atoms with E-state index in [9.17, 15) is 4.79 Å². The standard InChI is InChI=1S/C13H18N2O2/c1-9-14-12(11-2-3-11)6-13(16)15(9)7-10-4-5-17-8-10/h6,10-11H,2-5,7-8H2,1H3. The molecule has 2 aliphatic rings. The van der Waals surface area contributed by atoms with E-state index in [1.807, 2.05) is 6.92 Å². The SMILES string of the molecule is Cc1nc(C2CC2)cc(=O)n1CC1CCOC1. The molecule has 0 aromatic carbocycles. The molecule has 2 heterocycles. The molecule has 92 valence electrons. The molecule has 17 heavy (non-hydrogen) atoms. The van der Waals surface area contributed by atoms with Gasteiger partial charge in [-0.05, 0) is 26.2 Å². The van der Waals surface area contributed by atoms with Crippen molar-refractivity contribution in [1.82, 2.24) is 9.55 Å². The van der Waals surface area contributed by atoms with Crippen LogP contribution >= 0.6 is 0 Å². The van der Waals surface area contributed by atoms with Gasteiger partial charge in [-0.25, -0.2) is 4.98 Å². The van der Waals surface area contributed by atoms with Crippen LogP contribution in [-0.4, -0.2) is 22.8 Å². The van der Waals surface area contributed by atoms with E-state index in [4.69, 9.17) is 4.74 Å². The van der Waals surface area contributed by atoms with Crippen LogP contribution in [0, 0.1) is 12.8 Å². The molecule has 4 nitrogen and oxygen atoms in total. The first-order chi connectivity index (χ1) is 8.24. The van der Waals surface area contributed by atoms with Crippen LogP contribution in [0.5, 0.6) is 0 Å². The van der Waals surface area contributed by atoms with E-state index in [0.29, 0.717) is 11.8 Å². The third-order valence-electron chi connectivity index (χ3n) is 3.68. The van der Waals surface area contributed by atoms with Crippen molar-refractivity contribution in [3.63, 3.8) is 0 Å². The van der Waals surface area contributed by atoms with E-state index in [1.54, 1.807) is 10.6 Å². The van der Waals surface area contributed by atoms with E-state index in [2.05, 4.69) is 4.98 Å². The monoisotopic (exact) mass is 234 g/mol. The first-order valence-electron chi connectivity index (χ1n) is 6.40. The molecule has 2 fully saturated rings. The van der Waals surface area contributed by atoms with Gasteiger partial charge >= 0.3 is 0 Å². The molecule has 1 saturated heterocycles. The smallest absolute Gasteiger partial charge is 0.253 e. The number of nitrogens with zero attached hydrogens (tertiary/aromatic N) is 2. The van der Waals surface area contributed by atoms with Crippen molar-refractivity contribution in [1.29, 1.82) is 0 Å². The van der Waals surface area contributed by atoms with Crippen molar-refractivity contribution in [2.24, 2.45) is 5.92 Å². The van der Waals surface area contributed by atoms with E-state index < -0.39 is 0 Å². The molecule has 3 rings (SSSR count). The molecule has 0 amide bonds. The third-order valence-corrected chi connectivity index (χ3v) is 3.68. The Morgan fingerprint density at radius 2 is 2.29 bits per heavy atom. The molecule has 0 radical (unpaired) electrons. The number of aromatic nitrogens is 2. The zero-order chi connectivity index (χ0) is 11.8. The van der Waals surface area contributed by atoms with Crippen molar-refractivity contribution >= 4 is 0 Å². The van der Waals surface area contributed by atoms with Crippen LogP contribution in [0.4, 0.5) is 0 Å². The summed E-state index contributed by atoms with van der Waals surface area (Å²) < 4.78 is 7.14. The van der Waals surface area contributed by atoms with E-state index in [0.717, 1.165) is 37.7 Å². The van der Waals surface area contributed by atoms with Gasteiger partial charge in [-0.2, -0.15) is 0 Å². The second kappa shape index (κ2) is 4.26. The van der Waals surface area contributed by atoms with Crippen LogP contribution < -0.4 is 5.56 Å². The van der Waals surface area contributed by atoms with Gasteiger partial charge < -0.3 is 4.74 Å². The molecule has 0 N–H and O–H groups in total. The minimum absolute atomic E-state index is 0.103. The van der Waals surface area contributed by atoms with E-state index in [1.165, 1.54) is 12.8 Å². The summed E-state index contributed by atoms with van der Waals surface area (Å²) in [5.74, 6) is 1.87. The predicted octanol–water partition coefficient (Wildman–Crippen LogP) is 1.47. The molecular formula is C13H18N2O2. The molecule has 1 saturated carbocycles. The van der Waals surface area contributed by atoms with Crippen molar-refractivity contribution in [3.05, 3.63) is 27.9 Å². The van der Waals surface area contributed by atoms with Gasteiger partial charge in [0.05, 0.1) is 12.3 Å². The fraction of sp³-hybridized carbons (Fsp3) is 0.692. The summed E-state index contributed by atoms with van der Waals surface area (Å²) >= 11 is 0. The third kappa shape index (κ3) is 2.27. The zero-order valence-electron chi connectivity index (χ0n) is 10.2. The van der Waals surface area contributed by atoms with Crippen molar-refractivity contribution in [2.75, 3.05) is 13.2 Å². The topological polar surface area (TPSA) is 44.1 Å². The summed E-state index contributed by atoms with van der Waals surface area (Å²) in [5.41, 5.74) is 1.10. The normalized spacial score (nSPS) is 24.2. The number of hydrogen-bond acceptors (Lipinski definition) is 3. The van der Waals surface area contributed by atoms with Crippen molar-refractivity contribution < 1.29 is 4.74 Å². The number of ether oxygens (including phenoxy) is 1. The van der Waals surface area contributed by atoms with Gasteiger partial charge in [0, 0.05) is 31.1 Å². The Morgan fingerprint density at radius 1 is 1.47 bits per heavy atom. The van der Waals surface area contributed by atoms with Crippen LogP contribution in [0.3, 0.4) is 0 Å². The molecule has 1 atom stereocenters. The van der Waals surface area contributed by atoms with Gasteiger partial charge in [0.15, 0.2) is 0 Å². The fourth-order valence-corrected chi connectivity index (χ4v) is 2.44. The highest BCUT2D eigenvalue weighted by molar-refractivity contribution is 5.14. The lowest BCUT2D eigenvalue weighted by Crippen LogP contribution is -2.27. The van der Waals surface area contributed by atoms with Gasteiger partial charge in [-0.15, -0.1) is 0 Å². The summed E-state index contributed by atoms with van der Waals surface area (Å²) in [5, 5.41) is 0. The second-order valence-electron chi connectivity index (χ2n) is 5.18. The Balaban J connectivity index is 1.85. The summed E-state index contributed by atoms with van der Waals surface area (Å²) in [6, 6.07) is 1.72. The quantitative estimate of drug-likeness (QED) is 0.795. The van der Waals surface area contributed by atoms with E-state index in [-0.39, 0.29) is 5.56 Å². The highest BCUT2D eigenvalue weighted by atomic mass is 16.5. The van der Waals surface area contributed by atoms with Gasteiger partial charge in [0.1, 0.15) is 5.82 Å². The Kier molecular flexibility index (Phi) is 2.74. The minimum Gasteiger partial charge on any atom is -0.381 e. The van der Waals surface area contributed by atoms with Crippen molar-refractivity contribution in [3.8, 4) is 0 Å². The van der Waals surface area contributed by atoms with Gasteiger partial charge in [-0.1, -0.05) is 0 Å². The Labute approximate surface area is 101 Å². The van der Waals surface area contributed by atoms with Crippen LogP contribution in [0.1, 0.15) is 36.7 Å². The molecule has 1 aliphatic carbocycles. The van der Waals surface area contributed by atoms with Crippen LogP contribution in [0.2, 0.25) is 0 Å². The summed E-state index contributed by atoms with van der Waals surface area (Å²) in [6.45, 7) is 4.29. The predicted molar refractivity (Wildman–Crippen MR) is 64.1 cm³/mol. The summed E-state index contributed by atoms with van der Waals surface area (Å²) in [4.78, 5) is 16.6. The Morgan fingerprint density at radius 3 is 2.88 bits per heavy atom. The molecular weight excluding hydrogens is 216 g/mol. The lowest BCUT2D eigenvalue weighted by Gasteiger charge is -2.13. The average Bonchev–Trinajstić information content (AvgIpc) is 3.02. The summed E-state index contributed by atoms with van der Waals surface area (Å²) in [7, 11) is 0. The van der Waals surface area contributed by atoms with Crippen LogP contribution in [-0.2, 0) is 11.3 Å². The molecule has 1 aromatic heterocycles. The van der Waals surface area contributed by atoms with Crippen LogP contribution in [0.25, 0.3) is 0 Å². The maximum absolute atomic E-state index is 12.1. The molecule has 1 unspecified atom stereocenters. The molecule has 1 aliphatic heterocycles. The van der Waals surface area contributed by atoms with E-state index >= 15 is 0 Å². The maximum atomic E-state index is 12.1. The first-order valence-corrected chi connectivity index (χ1v) is 6.40. The average molecular weight is 234 g/mol. The van der Waals surface area contributed by atoms with Gasteiger partial charge in [0.2, 0.25) is 0 Å². The van der Waals surface area contributed by atoms with Crippen LogP contribution in [0.15, 0.2) is 10.9 Å². The number of hydrogen-bond donors (Lipinski definition) is 0. The molecule has 0 spiro atoms. The Hall–Kier alpha value is -1.16. The highest BCUT2D eigenvalue weighted by Crippen LogP contribution is 2.38. The Bertz CT molecular complexity index is 471. The minimum atomic E-state index is 0.103. The maximum Gasteiger partial charge on any atom is 0.253 e. The van der Waals surface area contributed by atoms with Crippen molar-refractivity contribution in [2.45, 2.75) is 38.6 Å². The molecule has 1 aromatic rings. The molecule has 4 heteroatoms. The highest BCUT2D eigenvalue weighted by Gasteiger charge is 2.26. The number of rotatable bonds is 3. The zero-order valence-corrected chi connectivity index (χ0v) is 10.2. The lowest BCUT2D eigenvalue weighted by molar-refractivity contribution is 0.182. The first kappa shape index (κ1) is 11.0. The number of aryl methyl sites for hydroxylation is 1. The summed E-state index contributed by atoms with van der Waals surface area (Å²) in [6.07, 6.45) is 3.43. The lowest BCUT2D eigenvalue weighted by atomic mass is 10.1. The molecule has 0 bridgehead atoms. The second-order valence-corrected chi connectivity index (χ2v) is 5.18.